The third-order valence-electron chi connectivity index (χ3n) is 2.77. The van der Waals surface area contributed by atoms with Gasteiger partial charge in [-0.1, -0.05) is 29.8 Å². The van der Waals surface area contributed by atoms with E-state index in [1.54, 1.807) is 25.3 Å². The monoisotopic (exact) mass is 315 g/mol. The molecule has 0 aliphatic heterocycles. The summed E-state index contributed by atoms with van der Waals surface area (Å²) in [5.74, 6) is 1.27. The second-order valence-corrected chi connectivity index (χ2v) is 5.69. The summed E-state index contributed by atoms with van der Waals surface area (Å²) in [6.07, 6.45) is 0. The molecule has 2 aromatic rings. The van der Waals surface area contributed by atoms with Crippen LogP contribution in [0.5, 0.6) is 11.5 Å². The van der Waals surface area contributed by atoms with Crippen molar-refractivity contribution in [3.63, 3.8) is 0 Å². The number of rotatable bonds is 5. The van der Waals surface area contributed by atoms with Gasteiger partial charge < -0.3 is 9.47 Å². The number of hydrogen-bond donors (Lipinski definition) is 0. The maximum atomic E-state index is 12.4. The zero-order valence-corrected chi connectivity index (χ0v) is 13.9. The van der Waals surface area contributed by atoms with E-state index in [4.69, 9.17) is 21.1 Å². The molecular formula is C15H14ClLiO3P. The molecule has 3 nitrogen and oxygen atoms in total. The topological polar surface area (TPSA) is 35.5 Å². The molecule has 105 valence electrons. The molecule has 2 aromatic carbocycles. The van der Waals surface area contributed by atoms with Crippen molar-refractivity contribution in [2.24, 2.45) is 0 Å². The molecule has 0 aromatic heterocycles. The Morgan fingerprint density at radius 2 is 1.71 bits per heavy atom. The van der Waals surface area contributed by atoms with Crippen LogP contribution in [0.3, 0.4) is 0 Å². The average Bonchev–Trinajstić information content (AvgIpc) is 2.47. The largest absolute Gasteiger partial charge is 0.497 e. The number of halogens is 1. The van der Waals surface area contributed by atoms with E-state index in [0.717, 1.165) is 11.1 Å². The molecular weight excluding hydrogens is 302 g/mol. The van der Waals surface area contributed by atoms with Gasteiger partial charge in [0.05, 0.1) is 24.8 Å². The van der Waals surface area contributed by atoms with Gasteiger partial charge in [-0.25, -0.2) is 0 Å². The molecule has 0 fully saturated rings. The Kier molecular flexibility index (Phi) is 7.29. The Morgan fingerprint density at radius 3 is 2.29 bits per heavy atom. The van der Waals surface area contributed by atoms with Gasteiger partial charge in [-0.15, -0.1) is 0 Å². The molecule has 0 heterocycles. The summed E-state index contributed by atoms with van der Waals surface area (Å²) in [7, 11) is 3.13. The predicted octanol–water partition coefficient (Wildman–Crippen LogP) is 3.12. The van der Waals surface area contributed by atoms with E-state index in [9.17, 15) is 4.79 Å². The Balaban J connectivity index is 0.00000220. The quantitative estimate of drug-likeness (QED) is 0.628. The summed E-state index contributed by atoms with van der Waals surface area (Å²) in [6.45, 7) is 0. The van der Waals surface area contributed by atoms with Gasteiger partial charge in [0.1, 0.15) is 11.5 Å². The predicted molar refractivity (Wildman–Crippen MR) is 89.0 cm³/mol. The fourth-order valence-corrected chi connectivity index (χ4v) is 3.07. The minimum atomic E-state index is -0.0439. The summed E-state index contributed by atoms with van der Waals surface area (Å²) in [4.78, 5) is 12.4. The standard InChI is InChI=1S/C15H14ClO3P.Li/c1-18-10-6-8-11(9-7-10)20-15(17)14-12(16)4-3-5-13(14)19-2;/h3-9,20H,1-2H3;. The van der Waals surface area contributed by atoms with E-state index in [-0.39, 0.29) is 33.0 Å². The van der Waals surface area contributed by atoms with Gasteiger partial charge in [-0.3, -0.25) is 4.79 Å². The number of carbonyl (C=O) groups excluding carboxylic acids is 1. The van der Waals surface area contributed by atoms with Crippen LogP contribution in [0.2, 0.25) is 5.02 Å². The second-order valence-electron chi connectivity index (χ2n) is 4.00. The molecule has 0 aliphatic carbocycles. The van der Waals surface area contributed by atoms with Crippen LogP contribution < -0.4 is 14.8 Å². The van der Waals surface area contributed by atoms with Gasteiger partial charge in [0.2, 0.25) is 0 Å². The molecule has 1 atom stereocenters. The molecule has 0 saturated heterocycles. The fourth-order valence-electron chi connectivity index (χ4n) is 1.76. The molecule has 6 heteroatoms. The van der Waals surface area contributed by atoms with Crippen LogP contribution in [0.15, 0.2) is 42.5 Å². The van der Waals surface area contributed by atoms with Gasteiger partial charge in [0.15, 0.2) is 5.52 Å². The molecule has 1 radical (unpaired) electrons. The maximum absolute atomic E-state index is 12.4. The molecule has 1 unspecified atom stereocenters. The molecule has 21 heavy (non-hydrogen) atoms. The van der Waals surface area contributed by atoms with Crippen molar-refractivity contribution in [1.29, 1.82) is 0 Å². The van der Waals surface area contributed by atoms with Gasteiger partial charge in [-0.2, -0.15) is 0 Å². The first-order valence-corrected chi connectivity index (χ1v) is 7.31. The van der Waals surface area contributed by atoms with Crippen LogP contribution >= 0.6 is 20.2 Å². The first-order chi connectivity index (χ1) is 9.65. The van der Waals surface area contributed by atoms with Crippen molar-refractivity contribution in [3.8, 4) is 11.5 Å². The smallest absolute Gasteiger partial charge is 0.190 e. The van der Waals surface area contributed by atoms with E-state index in [1.165, 1.54) is 7.11 Å². The number of carbonyl (C=O) groups is 1. The molecule has 0 aliphatic rings. The number of ether oxygens (including phenoxy) is 2. The van der Waals surface area contributed by atoms with Crippen LogP contribution in [0.4, 0.5) is 0 Å². The van der Waals surface area contributed by atoms with Crippen LogP contribution in [-0.4, -0.2) is 38.6 Å². The van der Waals surface area contributed by atoms with Crippen LogP contribution in [0.1, 0.15) is 10.4 Å². The first-order valence-electron chi connectivity index (χ1n) is 5.93. The molecule has 2 rings (SSSR count). The third kappa shape index (κ3) is 4.50. The van der Waals surface area contributed by atoms with Crippen LogP contribution in [-0.2, 0) is 0 Å². The van der Waals surface area contributed by atoms with Crippen molar-refractivity contribution in [3.05, 3.63) is 53.1 Å². The molecule has 0 spiro atoms. The van der Waals surface area contributed by atoms with Gasteiger partial charge in [0.25, 0.3) is 0 Å². The number of methoxy groups -OCH3 is 2. The Hall–Kier alpha value is -0.973. The number of hydrogen-bond acceptors (Lipinski definition) is 3. The summed E-state index contributed by atoms with van der Waals surface area (Å²) in [6, 6.07) is 12.6. The average molecular weight is 316 g/mol. The van der Waals surface area contributed by atoms with E-state index in [2.05, 4.69) is 0 Å². The van der Waals surface area contributed by atoms with E-state index >= 15 is 0 Å². The van der Waals surface area contributed by atoms with Crippen LogP contribution in [0, 0.1) is 0 Å². The van der Waals surface area contributed by atoms with Crippen molar-refractivity contribution in [2.45, 2.75) is 0 Å². The van der Waals surface area contributed by atoms with Gasteiger partial charge in [-0.05, 0) is 38.2 Å². The van der Waals surface area contributed by atoms with Gasteiger partial charge in [0, 0.05) is 18.9 Å². The molecule has 0 N–H and O–H groups in total. The molecule has 0 bridgehead atoms. The summed E-state index contributed by atoms with van der Waals surface area (Å²) in [5.41, 5.74) is 0.392. The van der Waals surface area contributed by atoms with Crippen molar-refractivity contribution >= 4 is 49.9 Å². The Labute approximate surface area is 142 Å². The van der Waals surface area contributed by atoms with E-state index < -0.39 is 0 Å². The van der Waals surface area contributed by atoms with Gasteiger partial charge >= 0.3 is 0 Å². The van der Waals surface area contributed by atoms with Crippen molar-refractivity contribution < 1.29 is 14.3 Å². The maximum Gasteiger partial charge on any atom is 0.190 e. The third-order valence-corrected chi connectivity index (χ3v) is 4.18. The summed E-state index contributed by atoms with van der Waals surface area (Å²) < 4.78 is 10.3. The Bertz CT molecular complexity index is 617. The van der Waals surface area contributed by atoms with Crippen molar-refractivity contribution in [2.75, 3.05) is 14.2 Å². The second kappa shape index (κ2) is 8.47. The molecule has 0 saturated carbocycles. The zero-order valence-electron chi connectivity index (χ0n) is 12.1. The SMILES string of the molecule is COc1ccc(PC(=O)c2c(Cl)cccc2OC)cc1.[Li]. The Morgan fingerprint density at radius 1 is 1.05 bits per heavy atom. The number of benzene rings is 2. The minimum Gasteiger partial charge on any atom is -0.497 e. The van der Waals surface area contributed by atoms with E-state index in [1.807, 2.05) is 24.3 Å². The van der Waals surface area contributed by atoms with Crippen LogP contribution in [0.25, 0.3) is 0 Å². The summed E-state index contributed by atoms with van der Waals surface area (Å²) in [5, 5.41) is 1.34. The first kappa shape index (κ1) is 18.1. The summed E-state index contributed by atoms with van der Waals surface area (Å²) >= 11 is 6.10. The van der Waals surface area contributed by atoms with E-state index in [0.29, 0.717) is 16.3 Å². The minimum absolute atomic E-state index is 0. The molecule has 0 amide bonds. The normalized spacial score (nSPS) is 10.2. The fraction of sp³-hybridized carbons (Fsp3) is 0.133. The van der Waals surface area contributed by atoms with Crippen molar-refractivity contribution in [1.82, 2.24) is 0 Å². The zero-order chi connectivity index (χ0) is 14.5.